The minimum absolute atomic E-state index is 0.0233. The summed E-state index contributed by atoms with van der Waals surface area (Å²) in [6.07, 6.45) is -3.53. The van der Waals surface area contributed by atoms with Gasteiger partial charge in [-0.3, -0.25) is 19.7 Å². The number of anilines is 1. The lowest BCUT2D eigenvalue weighted by molar-refractivity contribution is -0.384. The zero-order valence-electron chi connectivity index (χ0n) is 16.7. The summed E-state index contributed by atoms with van der Waals surface area (Å²) < 4.78 is 38.8. The molecule has 0 unspecified atom stereocenters. The van der Waals surface area contributed by atoms with Gasteiger partial charge in [0, 0.05) is 44.4 Å². The lowest BCUT2D eigenvalue weighted by Gasteiger charge is -2.38. The number of alkyl halides is 3. The number of carbonyl (C=O) groups excluding carboxylic acids is 2. The molecule has 8 nitrogen and oxygen atoms in total. The lowest BCUT2D eigenvalue weighted by Crippen LogP contribution is -2.56. The molecule has 4 rings (SSSR count). The Bertz CT molecular complexity index is 935. The van der Waals surface area contributed by atoms with Gasteiger partial charge in [-0.25, -0.2) is 0 Å². The number of nitro groups is 1. The second-order valence-electron chi connectivity index (χ2n) is 8.04. The van der Waals surface area contributed by atoms with E-state index in [0.29, 0.717) is 24.7 Å². The third kappa shape index (κ3) is 3.81. The molecular weight excluding hydrogens is 437 g/mol. The summed E-state index contributed by atoms with van der Waals surface area (Å²) in [5, 5.41) is 11.4. The third-order valence-corrected chi connectivity index (χ3v) is 7.67. The molecule has 0 bridgehead atoms. The Hall–Kier alpha value is -2.50. The van der Waals surface area contributed by atoms with E-state index in [1.165, 1.54) is 0 Å². The van der Waals surface area contributed by atoms with Gasteiger partial charge in [-0.1, -0.05) is 0 Å². The fourth-order valence-corrected chi connectivity index (χ4v) is 5.92. The van der Waals surface area contributed by atoms with Gasteiger partial charge in [-0.05, 0) is 25.5 Å². The molecule has 2 amide bonds. The van der Waals surface area contributed by atoms with E-state index in [4.69, 9.17) is 0 Å². The molecule has 3 heterocycles. The number of hydrogen-bond acceptors (Lipinski definition) is 6. The minimum Gasteiger partial charge on any atom is -0.362 e. The molecule has 3 aliphatic heterocycles. The van der Waals surface area contributed by atoms with Crippen LogP contribution in [0.15, 0.2) is 18.2 Å². The molecular formula is C19H21F3N4O4S. The standard InChI is InChI=1S/C19H21F3N4O4S/c1-18-5-4-16(27)25(18)15(11-31-18)17(28)24-8-6-23(7-9-24)13-3-2-12(19(20,21)22)10-14(13)26(29)30/h2-3,10,15H,4-9,11H2,1H3/t15-,18+/m1/s1. The Morgan fingerprint density at radius 3 is 2.55 bits per heavy atom. The van der Waals surface area contributed by atoms with E-state index in [-0.39, 0.29) is 48.6 Å². The topological polar surface area (TPSA) is 87.0 Å². The smallest absolute Gasteiger partial charge is 0.362 e. The predicted molar refractivity (Wildman–Crippen MR) is 108 cm³/mol. The molecule has 3 saturated heterocycles. The van der Waals surface area contributed by atoms with Crippen LogP contribution in [0.3, 0.4) is 0 Å². The molecule has 3 fully saturated rings. The van der Waals surface area contributed by atoms with Crippen LogP contribution in [-0.2, 0) is 15.8 Å². The fourth-order valence-electron chi connectivity index (χ4n) is 4.50. The first kappa shape index (κ1) is 21.7. The van der Waals surface area contributed by atoms with Crippen molar-refractivity contribution < 1.29 is 27.7 Å². The summed E-state index contributed by atoms with van der Waals surface area (Å²) in [6, 6.07) is 1.97. The molecule has 168 valence electrons. The molecule has 2 atom stereocenters. The maximum Gasteiger partial charge on any atom is 0.416 e. The monoisotopic (exact) mass is 458 g/mol. The number of nitrogens with zero attached hydrogens (tertiary/aromatic N) is 4. The highest BCUT2D eigenvalue weighted by Crippen LogP contribution is 2.47. The number of amides is 2. The van der Waals surface area contributed by atoms with Gasteiger partial charge in [0.25, 0.3) is 5.69 Å². The number of carbonyl (C=O) groups is 2. The fraction of sp³-hybridized carbons (Fsp3) is 0.579. The summed E-state index contributed by atoms with van der Waals surface area (Å²) in [5.41, 5.74) is -1.59. The molecule has 1 aromatic rings. The molecule has 31 heavy (non-hydrogen) atoms. The van der Waals surface area contributed by atoms with Crippen LogP contribution in [0.4, 0.5) is 24.5 Å². The molecule has 1 aromatic carbocycles. The summed E-state index contributed by atoms with van der Waals surface area (Å²) in [4.78, 5) is 40.5. The first-order valence-electron chi connectivity index (χ1n) is 9.87. The number of hydrogen-bond donors (Lipinski definition) is 0. The molecule has 0 N–H and O–H groups in total. The van der Waals surface area contributed by atoms with E-state index in [9.17, 15) is 32.9 Å². The van der Waals surface area contributed by atoms with Crippen LogP contribution in [0.2, 0.25) is 0 Å². The summed E-state index contributed by atoms with van der Waals surface area (Å²) in [7, 11) is 0. The normalized spacial score (nSPS) is 26.4. The Balaban J connectivity index is 1.46. The third-order valence-electron chi connectivity index (χ3n) is 6.16. The first-order chi connectivity index (χ1) is 14.5. The van der Waals surface area contributed by atoms with Crippen molar-refractivity contribution in [2.45, 2.75) is 36.9 Å². The average Bonchev–Trinajstić information content (AvgIpc) is 3.22. The number of rotatable bonds is 3. The Morgan fingerprint density at radius 1 is 1.26 bits per heavy atom. The highest BCUT2D eigenvalue weighted by Gasteiger charge is 2.53. The lowest BCUT2D eigenvalue weighted by atomic mass is 10.1. The van der Waals surface area contributed by atoms with Crippen LogP contribution < -0.4 is 4.90 Å². The molecule has 3 aliphatic rings. The second kappa shape index (κ2) is 7.57. The highest BCUT2D eigenvalue weighted by atomic mass is 32.2. The summed E-state index contributed by atoms with van der Waals surface area (Å²) in [6.45, 7) is 3.03. The molecule has 0 spiro atoms. The van der Waals surface area contributed by atoms with Gasteiger partial charge in [0.05, 0.1) is 15.4 Å². The number of thioether (sulfide) groups is 1. The van der Waals surface area contributed by atoms with Gasteiger partial charge in [0.15, 0.2) is 0 Å². The van der Waals surface area contributed by atoms with Crippen molar-refractivity contribution >= 4 is 35.0 Å². The number of benzene rings is 1. The SMILES string of the molecule is C[C@]12CCC(=O)N1[C@@H](C(=O)N1CCN(c3ccc(C(F)(F)F)cc3[N+](=O)[O-])CC1)CS2. The van der Waals surface area contributed by atoms with Gasteiger partial charge in [0.1, 0.15) is 11.7 Å². The summed E-state index contributed by atoms with van der Waals surface area (Å²) in [5.74, 6) is 0.365. The van der Waals surface area contributed by atoms with Crippen molar-refractivity contribution in [2.24, 2.45) is 0 Å². The van der Waals surface area contributed by atoms with Gasteiger partial charge in [-0.15, -0.1) is 11.8 Å². The average molecular weight is 458 g/mol. The van der Waals surface area contributed by atoms with Crippen molar-refractivity contribution in [1.29, 1.82) is 0 Å². The second-order valence-corrected chi connectivity index (χ2v) is 9.54. The molecule has 12 heteroatoms. The van der Waals surface area contributed by atoms with Gasteiger partial charge < -0.3 is 14.7 Å². The van der Waals surface area contributed by atoms with E-state index in [0.717, 1.165) is 12.1 Å². The molecule has 0 aromatic heterocycles. The van der Waals surface area contributed by atoms with Crippen LogP contribution in [0.25, 0.3) is 0 Å². The van der Waals surface area contributed by atoms with Crippen LogP contribution in [-0.4, -0.2) is 69.4 Å². The van der Waals surface area contributed by atoms with Crippen molar-refractivity contribution in [3.63, 3.8) is 0 Å². The number of nitro benzene ring substituents is 1. The predicted octanol–water partition coefficient (Wildman–Crippen LogP) is 2.72. The van der Waals surface area contributed by atoms with Gasteiger partial charge in [0.2, 0.25) is 11.8 Å². The van der Waals surface area contributed by atoms with Crippen LogP contribution in [0.1, 0.15) is 25.3 Å². The molecule has 0 aliphatic carbocycles. The Morgan fingerprint density at radius 2 is 1.94 bits per heavy atom. The maximum absolute atomic E-state index is 13.1. The van der Waals surface area contributed by atoms with Crippen molar-refractivity contribution in [3.8, 4) is 0 Å². The largest absolute Gasteiger partial charge is 0.416 e. The quantitative estimate of drug-likeness (QED) is 0.511. The summed E-state index contributed by atoms with van der Waals surface area (Å²) >= 11 is 1.61. The van der Waals surface area contributed by atoms with Crippen molar-refractivity contribution in [2.75, 3.05) is 36.8 Å². The van der Waals surface area contributed by atoms with Crippen LogP contribution in [0.5, 0.6) is 0 Å². The first-order valence-corrected chi connectivity index (χ1v) is 10.9. The zero-order valence-corrected chi connectivity index (χ0v) is 17.5. The number of fused-ring (bicyclic) bond motifs is 1. The van der Waals surface area contributed by atoms with E-state index >= 15 is 0 Å². The minimum atomic E-state index is -4.67. The van der Waals surface area contributed by atoms with Crippen LogP contribution in [0, 0.1) is 10.1 Å². The Labute approximate surface area is 180 Å². The Kier molecular flexibility index (Phi) is 5.31. The number of halogens is 3. The van der Waals surface area contributed by atoms with Crippen LogP contribution >= 0.6 is 11.8 Å². The maximum atomic E-state index is 13.1. The van der Waals surface area contributed by atoms with E-state index in [2.05, 4.69) is 0 Å². The molecule has 0 radical (unpaired) electrons. The van der Waals surface area contributed by atoms with E-state index in [1.807, 2.05) is 6.92 Å². The van der Waals surface area contributed by atoms with Gasteiger partial charge >= 0.3 is 6.18 Å². The molecule has 0 saturated carbocycles. The van der Waals surface area contributed by atoms with Crippen molar-refractivity contribution in [3.05, 3.63) is 33.9 Å². The highest BCUT2D eigenvalue weighted by molar-refractivity contribution is 8.01. The van der Waals surface area contributed by atoms with E-state index in [1.54, 1.807) is 26.5 Å². The zero-order chi connectivity index (χ0) is 22.6. The number of piperazine rings is 1. The van der Waals surface area contributed by atoms with Crippen molar-refractivity contribution in [1.82, 2.24) is 9.80 Å². The van der Waals surface area contributed by atoms with E-state index < -0.39 is 28.4 Å². The van der Waals surface area contributed by atoms with Gasteiger partial charge in [-0.2, -0.15) is 13.2 Å².